The Labute approximate surface area is 130 Å². The zero-order chi connectivity index (χ0) is 16.1. The van der Waals surface area contributed by atoms with Crippen molar-refractivity contribution in [2.24, 2.45) is 0 Å². The average Bonchev–Trinajstić information content (AvgIpc) is 2.56. The smallest absolute Gasteiger partial charge is 0.336 e. The Morgan fingerprint density at radius 1 is 0.955 bits per heavy atom. The molecule has 0 aromatic heterocycles. The molecule has 2 aromatic carbocycles. The van der Waals surface area contributed by atoms with Crippen molar-refractivity contribution in [3.63, 3.8) is 0 Å². The Hall–Kier alpha value is -2.62. The Bertz CT molecular complexity index is 676. The van der Waals surface area contributed by atoms with E-state index in [1.165, 1.54) is 0 Å². The molecule has 4 nitrogen and oxygen atoms in total. The van der Waals surface area contributed by atoms with Crippen molar-refractivity contribution in [3.05, 3.63) is 65.2 Å². The molecule has 114 valence electrons. The molecule has 0 amide bonds. The van der Waals surface area contributed by atoms with Gasteiger partial charge in [0, 0.05) is 29.9 Å². The van der Waals surface area contributed by atoms with Gasteiger partial charge in [-0.3, -0.25) is 4.79 Å². The molecule has 4 heteroatoms. The number of hydrogen-bond donors (Lipinski definition) is 1. The van der Waals surface area contributed by atoms with E-state index >= 15 is 0 Å². The van der Waals surface area contributed by atoms with Crippen LogP contribution in [0.3, 0.4) is 0 Å². The molecule has 0 bridgehead atoms. The Morgan fingerprint density at radius 3 is 2.14 bits per heavy atom. The number of rotatable bonds is 6. The minimum atomic E-state index is -1.09. The van der Waals surface area contributed by atoms with Crippen LogP contribution in [0, 0.1) is 0 Å². The fraction of sp³-hybridized carbons (Fsp3) is 0.222. The van der Waals surface area contributed by atoms with Gasteiger partial charge < -0.3 is 10.0 Å². The molecular weight excluding hydrogens is 278 g/mol. The number of carboxylic acid groups (broad SMARTS) is 1. The topological polar surface area (TPSA) is 57.6 Å². The maximum absolute atomic E-state index is 12.5. The van der Waals surface area contributed by atoms with Gasteiger partial charge in [0.25, 0.3) is 0 Å². The molecule has 0 unspecified atom stereocenters. The molecule has 2 rings (SSSR count). The first-order chi connectivity index (χ1) is 10.6. The summed E-state index contributed by atoms with van der Waals surface area (Å²) in [5.41, 5.74) is 1.56. The number of hydrogen-bond acceptors (Lipinski definition) is 3. The monoisotopic (exact) mass is 297 g/mol. The molecule has 0 saturated heterocycles. The summed E-state index contributed by atoms with van der Waals surface area (Å²) >= 11 is 0. The minimum absolute atomic E-state index is 0.0400. The van der Waals surface area contributed by atoms with E-state index < -0.39 is 5.97 Å². The van der Waals surface area contributed by atoms with Gasteiger partial charge in [0.05, 0.1) is 5.56 Å². The van der Waals surface area contributed by atoms with E-state index in [0.29, 0.717) is 5.56 Å². The third kappa shape index (κ3) is 3.17. The van der Waals surface area contributed by atoms with Crippen LogP contribution in [0.4, 0.5) is 5.69 Å². The fourth-order valence-corrected chi connectivity index (χ4v) is 2.44. The number of anilines is 1. The van der Waals surface area contributed by atoms with Crippen LogP contribution in [-0.2, 0) is 0 Å². The van der Waals surface area contributed by atoms with E-state index in [9.17, 15) is 14.7 Å². The summed E-state index contributed by atoms with van der Waals surface area (Å²) in [5, 5.41) is 9.44. The van der Waals surface area contributed by atoms with E-state index in [-0.39, 0.29) is 16.9 Å². The van der Waals surface area contributed by atoms with E-state index in [1.807, 2.05) is 24.8 Å². The second-order valence-corrected chi connectivity index (χ2v) is 4.90. The van der Waals surface area contributed by atoms with Crippen molar-refractivity contribution in [2.45, 2.75) is 13.8 Å². The lowest BCUT2D eigenvalue weighted by molar-refractivity contribution is 0.0693. The standard InChI is InChI=1S/C18H19NO3/c1-3-19(4-2)14-10-11-15(16(12-14)18(21)22)17(20)13-8-6-5-7-9-13/h5-12H,3-4H2,1-2H3,(H,21,22). The summed E-state index contributed by atoms with van der Waals surface area (Å²) in [6.07, 6.45) is 0. The highest BCUT2D eigenvalue weighted by Gasteiger charge is 2.19. The highest BCUT2D eigenvalue weighted by Crippen LogP contribution is 2.22. The van der Waals surface area contributed by atoms with Crippen molar-refractivity contribution in [1.29, 1.82) is 0 Å². The van der Waals surface area contributed by atoms with Gasteiger partial charge in [0.15, 0.2) is 5.78 Å². The molecule has 0 spiro atoms. The molecule has 2 aromatic rings. The number of benzene rings is 2. The largest absolute Gasteiger partial charge is 0.478 e. The molecule has 0 radical (unpaired) electrons. The molecule has 1 N–H and O–H groups in total. The average molecular weight is 297 g/mol. The van der Waals surface area contributed by atoms with Crippen LogP contribution >= 0.6 is 0 Å². The summed E-state index contributed by atoms with van der Waals surface area (Å²) in [6.45, 7) is 5.57. The summed E-state index contributed by atoms with van der Waals surface area (Å²) < 4.78 is 0. The van der Waals surface area contributed by atoms with Gasteiger partial charge in [-0.25, -0.2) is 4.79 Å². The lowest BCUT2D eigenvalue weighted by atomic mass is 9.97. The van der Waals surface area contributed by atoms with Crippen molar-refractivity contribution in [2.75, 3.05) is 18.0 Å². The summed E-state index contributed by atoms with van der Waals surface area (Å²) in [7, 11) is 0. The third-order valence-corrected chi connectivity index (χ3v) is 3.64. The zero-order valence-electron chi connectivity index (χ0n) is 12.7. The molecule has 0 fully saturated rings. The lowest BCUT2D eigenvalue weighted by Crippen LogP contribution is -2.22. The van der Waals surface area contributed by atoms with Crippen LogP contribution in [0.5, 0.6) is 0 Å². The minimum Gasteiger partial charge on any atom is -0.478 e. The predicted molar refractivity (Wildman–Crippen MR) is 86.8 cm³/mol. The fourth-order valence-electron chi connectivity index (χ4n) is 2.44. The summed E-state index contributed by atoms with van der Waals surface area (Å²) in [4.78, 5) is 26.1. The highest BCUT2D eigenvalue weighted by atomic mass is 16.4. The van der Waals surface area contributed by atoms with Crippen molar-refractivity contribution in [3.8, 4) is 0 Å². The third-order valence-electron chi connectivity index (χ3n) is 3.64. The van der Waals surface area contributed by atoms with Gasteiger partial charge in [-0.05, 0) is 32.0 Å². The molecule has 0 saturated carbocycles. The molecule has 0 atom stereocenters. The summed E-state index contributed by atoms with van der Waals surface area (Å²) in [6, 6.07) is 13.7. The predicted octanol–water partition coefficient (Wildman–Crippen LogP) is 3.46. The number of carbonyl (C=O) groups excluding carboxylic acids is 1. The van der Waals surface area contributed by atoms with Gasteiger partial charge >= 0.3 is 5.97 Å². The Kier molecular flexibility index (Phi) is 4.94. The van der Waals surface area contributed by atoms with Crippen molar-refractivity contribution >= 4 is 17.4 Å². The van der Waals surface area contributed by atoms with Crippen LogP contribution in [-0.4, -0.2) is 29.9 Å². The number of carbonyl (C=O) groups is 2. The SMILES string of the molecule is CCN(CC)c1ccc(C(=O)c2ccccc2)c(C(=O)O)c1. The first kappa shape index (κ1) is 15.8. The van der Waals surface area contributed by atoms with Crippen molar-refractivity contribution in [1.82, 2.24) is 0 Å². The molecule has 0 heterocycles. The Balaban J connectivity index is 2.48. The van der Waals surface area contributed by atoms with Crippen LogP contribution in [0.25, 0.3) is 0 Å². The van der Waals surface area contributed by atoms with E-state index in [4.69, 9.17) is 0 Å². The maximum Gasteiger partial charge on any atom is 0.336 e. The first-order valence-electron chi connectivity index (χ1n) is 7.30. The van der Waals surface area contributed by atoms with Gasteiger partial charge in [-0.15, -0.1) is 0 Å². The van der Waals surface area contributed by atoms with Crippen LogP contribution in [0.15, 0.2) is 48.5 Å². The van der Waals surface area contributed by atoms with Crippen LogP contribution in [0.1, 0.15) is 40.1 Å². The second kappa shape index (κ2) is 6.89. The normalized spacial score (nSPS) is 10.3. The number of aromatic carboxylic acids is 1. The zero-order valence-corrected chi connectivity index (χ0v) is 12.7. The van der Waals surface area contributed by atoms with E-state index in [2.05, 4.69) is 0 Å². The van der Waals surface area contributed by atoms with Crippen LogP contribution < -0.4 is 4.90 Å². The lowest BCUT2D eigenvalue weighted by Gasteiger charge is -2.22. The van der Waals surface area contributed by atoms with E-state index in [0.717, 1.165) is 18.8 Å². The molecule has 0 aliphatic rings. The maximum atomic E-state index is 12.5. The van der Waals surface area contributed by atoms with E-state index in [1.54, 1.807) is 42.5 Å². The molecule has 0 aliphatic carbocycles. The van der Waals surface area contributed by atoms with Crippen molar-refractivity contribution < 1.29 is 14.7 Å². The second-order valence-electron chi connectivity index (χ2n) is 4.90. The van der Waals surface area contributed by atoms with Gasteiger partial charge in [0.2, 0.25) is 0 Å². The first-order valence-corrected chi connectivity index (χ1v) is 7.30. The highest BCUT2D eigenvalue weighted by molar-refractivity contribution is 6.14. The van der Waals surface area contributed by atoms with Gasteiger partial charge in [-0.2, -0.15) is 0 Å². The Morgan fingerprint density at radius 2 is 1.59 bits per heavy atom. The number of nitrogens with zero attached hydrogens (tertiary/aromatic N) is 1. The number of carboxylic acids is 1. The van der Waals surface area contributed by atoms with Crippen LogP contribution in [0.2, 0.25) is 0 Å². The summed E-state index contributed by atoms with van der Waals surface area (Å²) in [5.74, 6) is -1.36. The molecule has 0 aliphatic heterocycles. The molecular formula is C18H19NO3. The number of ketones is 1. The van der Waals surface area contributed by atoms with Gasteiger partial charge in [0.1, 0.15) is 0 Å². The quantitative estimate of drug-likeness (QED) is 0.830. The van der Waals surface area contributed by atoms with Gasteiger partial charge in [-0.1, -0.05) is 30.3 Å². The molecule has 22 heavy (non-hydrogen) atoms.